The zero-order valence-corrected chi connectivity index (χ0v) is 11.2. The van der Waals surface area contributed by atoms with Crippen molar-refractivity contribution in [3.05, 3.63) is 0 Å². The van der Waals surface area contributed by atoms with Crippen LogP contribution in [0.5, 0.6) is 0 Å². The van der Waals surface area contributed by atoms with Gasteiger partial charge < -0.3 is 4.74 Å². The van der Waals surface area contributed by atoms with Gasteiger partial charge in [-0.25, -0.2) is 0 Å². The Balaban J connectivity index is 1.44. The van der Waals surface area contributed by atoms with Gasteiger partial charge in [-0.2, -0.15) is 5.26 Å². The summed E-state index contributed by atoms with van der Waals surface area (Å²) in [6.07, 6.45) is 10.2. The molecule has 3 heteroatoms. The number of hydrogen-bond acceptors (Lipinski definition) is 3. The summed E-state index contributed by atoms with van der Waals surface area (Å²) in [7, 11) is 0. The Morgan fingerprint density at radius 1 is 1.17 bits per heavy atom. The predicted molar refractivity (Wildman–Crippen MR) is 70.0 cm³/mol. The molecule has 3 aliphatic carbocycles. The summed E-state index contributed by atoms with van der Waals surface area (Å²) in [5.41, 5.74) is -0.374. The lowest BCUT2D eigenvalue weighted by atomic mass is 9.83. The van der Waals surface area contributed by atoms with E-state index in [0.29, 0.717) is 18.6 Å². The van der Waals surface area contributed by atoms with Gasteiger partial charge >= 0.3 is 0 Å². The third-order valence-corrected chi connectivity index (χ3v) is 4.74. The molecule has 1 atom stereocenters. The Kier molecular flexibility index (Phi) is 3.59. The second-order valence-electron chi connectivity index (χ2n) is 6.41. The molecule has 0 aliphatic heterocycles. The van der Waals surface area contributed by atoms with E-state index < -0.39 is 0 Å². The van der Waals surface area contributed by atoms with Crippen molar-refractivity contribution in [3.8, 4) is 6.07 Å². The summed E-state index contributed by atoms with van der Waals surface area (Å²) < 4.78 is 5.84. The first-order chi connectivity index (χ1) is 8.82. The molecule has 0 aromatic heterocycles. The smallest absolute Gasteiger partial charge is 0.133 e. The van der Waals surface area contributed by atoms with Gasteiger partial charge in [-0.05, 0) is 43.9 Å². The van der Waals surface area contributed by atoms with Gasteiger partial charge in [-0.15, -0.1) is 0 Å². The highest BCUT2D eigenvalue weighted by Crippen LogP contribution is 2.41. The quantitative estimate of drug-likeness (QED) is 0.672. The molecule has 1 N–H and O–H groups in total. The minimum absolute atomic E-state index is 0.374. The summed E-state index contributed by atoms with van der Waals surface area (Å²) in [6.45, 7) is 1.44. The minimum atomic E-state index is -0.374. The second kappa shape index (κ2) is 5.19. The Morgan fingerprint density at radius 2 is 1.94 bits per heavy atom. The SMILES string of the molecule is N#CC(COCCC1CCC1)(NC1CC1)C1CC1. The number of nitrogens with zero attached hydrogens (tertiary/aromatic N) is 1. The lowest BCUT2D eigenvalue weighted by Gasteiger charge is -2.29. The standard InChI is InChI=1S/C15H24N2O/c16-10-15(13-4-5-13,17-14-6-7-14)11-18-9-8-12-2-1-3-12/h12-14,17H,1-9,11H2. The van der Waals surface area contributed by atoms with Crippen molar-refractivity contribution in [2.75, 3.05) is 13.2 Å². The van der Waals surface area contributed by atoms with Crippen molar-refractivity contribution in [1.29, 1.82) is 5.26 Å². The number of hydrogen-bond donors (Lipinski definition) is 1. The maximum Gasteiger partial charge on any atom is 0.133 e. The minimum Gasteiger partial charge on any atom is -0.378 e. The number of nitrogens with one attached hydrogen (secondary N) is 1. The second-order valence-corrected chi connectivity index (χ2v) is 6.41. The predicted octanol–water partition coefficient (Wildman–Crippen LogP) is 2.62. The van der Waals surface area contributed by atoms with Crippen molar-refractivity contribution < 1.29 is 4.74 Å². The van der Waals surface area contributed by atoms with E-state index in [9.17, 15) is 5.26 Å². The van der Waals surface area contributed by atoms with Gasteiger partial charge in [0.1, 0.15) is 5.54 Å². The van der Waals surface area contributed by atoms with Crippen LogP contribution in [0.2, 0.25) is 0 Å². The van der Waals surface area contributed by atoms with E-state index in [-0.39, 0.29) is 5.54 Å². The fourth-order valence-electron chi connectivity index (χ4n) is 2.87. The molecule has 3 aliphatic rings. The van der Waals surface area contributed by atoms with E-state index in [1.165, 1.54) is 51.4 Å². The normalized spacial score (nSPS) is 27.3. The summed E-state index contributed by atoms with van der Waals surface area (Å²) in [5.74, 6) is 1.44. The average molecular weight is 248 g/mol. The molecule has 0 heterocycles. The third-order valence-electron chi connectivity index (χ3n) is 4.74. The van der Waals surface area contributed by atoms with Crippen molar-refractivity contribution in [3.63, 3.8) is 0 Å². The topological polar surface area (TPSA) is 45.0 Å². The molecule has 3 saturated carbocycles. The molecule has 1 unspecified atom stereocenters. The third kappa shape index (κ3) is 2.87. The molecule has 0 aromatic carbocycles. The van der Waals surface area contributed by atoms with E-state index in [0.717, 1.165) is 12.5 Å². The van der Waals surface area contributed by atoms with E-state index in [1.807, 2.05) is 0 Å². The van der Waals surface area contributed by atoms with Crippen LogP contribution in [0.15, 0.2) is 0 Å². The van der Waals surface area contributed by atoms with Gasteiger partial charge in [0.2, 0.25) is 0 Å². The molecule has 0 aromatic rings. The Hall–Kier alpha value is -0.590. The van der Waals surface area contributed by atoms with Crippen LogP contribution < -0.4 is 5.32 Å². The van der Waals surface area contributed by atoms with Gasteiger partial charge in [0.15, 0.2) is 0 Å². The van der Waals surface area contributed by atoms with Crippen LogP contribution in [0.1, 0.15) is 51.4 Å². The van der Waals surface area contributed by atoms with Gasteiger partial charge in [0.25, 0.3) is 0 Å². The number of ether oxygens (including phenoxy) is 1. The maximum atomic E-state index is 9.54. The van der Waals surface area contributed by atoms with Gasteiger partial charge in [0, 0.05) is 12.6 Å². The largest absolute Gasteiger partial charge is 0.378 e. The fourth-order valence-corrected chi connectivity index (χ4v) is 2.87. The van der Waals surface area contributed by atoms with Crippen molar-refractivity contribution in [1.82, 2.24) is 5.32 Å². The van der Waals surface area contributed by atoms with Crippen LogP contribution in [-0.4, -0.2) is 24.8 Å². The molecule has 3 rings (SSSR count). The van der Waals surface area contributed by atoms with E-state index in [4.69, 9.17) is 4.74 Å². The first kappa shape index (κ1) is 12.4. The van der Waals surface area contributed by atoms with E-state index in [2.05, 4.69) is 11.4 Å². The van der Waals surface area contributed by atoms with Crippen LogP contribution in [0.4, 0.5) is 0 Å². The van der Waals surface area contributed by atoms with Crippen LogP contribution in [0, 0.1) is 23.2 Å². The molecule has 0 amide bonds. The maximum absolute atomic E-state index is 9.54. The highest BCUT2D eigenvalue weighted by Gasteiger charge is 2.48. The molecule has 0 radical (unpaired) electrons. The molecule has 18 heavy (non-hydrogen) atoms. The van der Waals surface area contributed by atoms with Gasteiger partial charge in [-0.1, -0.05) is 19.3 Å². The summed E-state index contributed by atoms with van der Waals surface area (Å²) in [5, 5.41) is 13.1. The molecule has 3 fully saturated rings. The van der Waals surface area contributed by atoms with Crippen molar-refractivity contribution in [2.45, 2.75) is 62.9 Å². The van der Waals surface area contributed by atoms with Crippen LogP contribution in [0.3, 0.4) is 0 Å². The Bertz CT molecular complexity index is 326. The van der Waals surface area contributed by atoms with E-state index in [1.54, 1.807) is 0 Å². The highest BCUT2D eigenvalue weighted by molar-refractivity contribution is 5.17. The lowest BCUT2D eigenvalue weighted by molar-refractivity contribution is 0.0635. The van der Waals surface area contributed by atoms with E-state index >= 15 is 0 Å². The van der Waals surface area contributed by atoms with Crippen LogP contribution in [-0.2, 0) is 4.74 Å². The number of nitriles is 1. The monoisotopic (exact) mass is 248 g/mol. The number of rotatable bonds is 8. The fraction of sp³-hybridized carbons (Fsp3) is 0.933. The summed E-state index contributed by atoms with van der Waals surface area (Å²) in [4.78, 5) is 0. The molecule has 3 nitrogen and oxygen atoms in total. The highest BCUT2D eigenvalue weighted by atomic mass is 16.5. The summed E-state index contributed by atoms with van der Waals surface area (Å²) in [6, 6.07) is 3.11. The Labute approximate surface area is 110 Å². The summed E-state index contributed by atoms with van der Waals surface area (Å²) >= 11 is 0. The van der Waals surface area contributed by atoms with Crippen LogP contribution >= 0.6 is 0 Å². The van der Waals surface area contributed by atoms with Gasteiger partial charge in [0.05, 0.1) is 12.7 Å². The molecule has 0 saturated heterocycles. The van der Waals surface area contributed by atoms with Crippen LogP contribution in [0.25, 0.3) is 0 Å². The van der Waals surface area contributed by atoms with Crippen molar-refractivity contribution >= 4 is 0 Å². The first-order valence-corrected chi connectivity index (χ1v) is 7.59. The molecular formula is C15H24N2O. The molecule has 100 valence electrons. The Morgan fingerprint density at radius 3 is 2.44 bits per heavy atom. The van der Waals surface area contributed by atoms with Gasteiger partial charge in [-0.3, -0.25) is 5.32 Å². The molecular weight excluding hydrogens is 224 g/mol. The zero-order chi connectivity index (χ0) is 12.4. The lowest BCUT2D eigenvalue weighted by Crippen LogP contribution is -2.51. The van der Waals surface area contributed by atoms with Crippen molar-refractivity contribution in [2.24, 2.45) is 11.8 Å². The zero-order valence-electron chi connectivity index (χ0n) is 11.2. The molecule has 0 spiro atoms. The molecule has 0 bridgehead atoms. The average Bonchev–Trinajstić information content (AvgIpc) is 3.16. The first-order valence-electron chi connectivity index (χ1n) is 7.59.